The third-order valence-corrected chi connectivity index (χ3v) is 4.96. The summed E-state index contributed by atoms with van der Waals surface area (Å²) in [6.45, 7) is 2.26. The van der Waals surface area contributed by atoms with Gasteiger partial charge in [0.15, 0.2) is 0 Å². The number of halogens is 1. The number of H-pyrrole nitrogens is 1. The molecule has 1 N–H and O–H groups in total. The van der Waals surface area contributed by atoms with Crippen LogP contribution in [0.5, 0.6) is 0 Å². The van der Waals surface area contributed by atoms with E-state index in [-0.39, 0.29) is 5.82 Å². The maximum atomic E-state index is 14.1. The lowest BCUT2D eigenvalue weighted by molar-refractivity contribution is 0.420. The summed E-state index contributed by atoms with van der Waals surface area (Å²) in [6.07, 6.45) is 11.3. The number of fused-ring (bicyclic) bond motifs is 3. The highest BCUT2D eigenvalue weighted by molar-refractivity contribution is 5.85. The third-order valence-electron chi connectivity index (χ3n) is 4.96. The molecule has 0 saturated carbocycles. The summed E-state index contributed by atoms with van der Waals surface area (Å²) in [7, 11) is 0. The van der Waals surface area contributed by atoms with Crippen LogP contribution in [0.2, 0.25) is 0 Å². The molecule has 0 radical (unpaired) electrons. The molecule has 114 valence electrons. The number of aromatic amines is 1. The molecule has 0 bridgehead atoms. The zero-order chi connectivity index (χ0) is 14.7. The number of nitrogens with one attached hydrogen (secondary N) is 1. The monoisotopic (exact) mass is 287 g/mol. The first-order valence-corrected chi connectivity index (χ1v) is 8.57. The maximum Gasteiger partial charge on any atom is 0.132 e. The van der Waals surface area contributed by atoms with Crippen LogP contribution in [0.15, 0.2) is 18.2 Å². The van der Waals surface area contributed by atoms with Crippen molar-refractivity contribution in [2.24, 2.45) is 5.92 Å². The van der Waals surface area contributed by atoms with Crippen LogP contribution < -0.4 is 0 Å². The predicted molar refractivity (Wildman–Crippen MR) is 87.1 cm³/mol. The van der Waals surface area contributed by atoms with E-state index in [1.807, 2.05) is 6.07 Å². The second-order valence-corrected chi connectivity index (χ2v) is 6.56. The van der Waals surface area contributed by atoms with E-state index in [1.54, 1.807) is 12.1 Å². The average Bonchev–Trinajstić information content (AvgIpc) is 2.70. The van der Waals surface area contributed by atoms with E-state index in [4.69, 9.17) is 0 Å². The van der Waals surface area contributed by atoms with Gasteiger partial charge in [0.25, 0.3) is 0 Å². The summed E-state index contributed by atoms with van der Waals surface area (Å²) in [5.41, 5.74) is 3.53. The van der Waals surface area contributed by atoms with Crippen LogP contribution in [0.4, 0.5) is 4.39 Å². The second-order valence-electron chi connectivity index (χ2n) is 6.56. The molecule has 1 aliphatic carbocycles. The van der Waals surface area contributed by atoms with Crippen molar-refractivity contribution in [3.63, 3.8) is 0 Å². The third kappa shape index (κ3) is 3.14. The fraction of sp³-hybridized carbons (Fsp3) is 0.579. The van der Waals surface area contributed by atoms with Crippen LogP contribution in [-0.4, -0.2) is 4.98 Å². The Bertz CT molecular complexity index is 599. The van der Waals surface area contributed by atoms with Crippen LogP contribution in [0, 0.1) is 11.7 Å². The van der Waals surface area contributed by atoms with Gasteiger partial charge in [-0.2, -0.15) is 0 Å². The van der Waals surface area contributed by atoms with Crippen LogP contribution in [0.25, 0.3) is 10.9 Å². The van der Waals surface area contributed by atoms with E-state index >= 15 is 0 Å². The molecular weight excluding hydrogens is 261 g/mol. The molecule has 1 unspecified atom stereocenters. The van der Waals surface area contributed by atoms with Gasteiger partial charge in [0.05, 0.1) is 0 Å². The van der Waals surface area contributed by atoms with Gasteiger partial charge in [0.1, 0.15) is 5.82 Å². The molecule has 3 rings (SSSR count). The van der Waals surface area contributed by atoms with E-state index < -0.39 is 0 Å². The highest BCUT2D eigenvalue weighted by atomic mass is 19.1. The van der Waals surface area contributed by atoms with Crippen LogP contribution in [0.1, 0.15) is 63.1 Å². The fourth-order valence-corrected chi connectivity index (χ4v) is 3.84. The van der Waals surface area contributed by atoms with Crippen LogP contribution >= 0.6 is 0 Å². The number of rotatable bonds is 5. The molecule has 1 atom stereocenters. The molecule has 1 heterocycles. The molecular formula is C19H26FN. The van der Waals surface area contributed by atoms with Crippen molar-refractivity contribution in [1.82, 2.24) is 4.98 Å². The Hall–Kier alpha value is -1.31. The van der Waals surface area contributed by atoms with Gasteiger partial charge in [-0.05, 0) is 49.3 Å². The van der Waals surface area contributed by atoms with Gasteiger partial charge in [-0.15, -0.1) is 0 Å². The largest absolute Gasteiger partial charge is 0.358 e. The Morgan fingerprint density at radius 1 is 1.24 bits per heavy atom. The standard InChI is InChI=1S/C19H26FN/c1-2-3-4-5-8-14-9-6-10-15-18(13-14)21-17-12-7-11-16(20)19(15)17/h7,11-12,14,21H,2-6,8-10,13H2,1H3. The number of aryl methyl sites for hydroxylation is 1. The fourth-order valence-electron chi connectivity index (χ4n) is 3.84. The Balaban J connectivity index is 1.76. The Kier molecular flexibility index (Phi) is 4.62. The van der Waals surface area contributed by atoms with Crippen molar-refractivity contribution in [3.8, 4) is 0 Å². The van der Waals surface area contributed by atoms with E-state index in [2.05, 4.69) is 11.9 Å². The first kappa shape index (κ1) is 14.6. The summed E-state index contributed by atoms with van der Waals surface area (Å²) < 4.78 is 14.1. The minimum Gasteiger partial charge on any atom is -0.358 e. The lowest BCUT2D eigenvalue weighted by Crippen LogP contribution is -2.03. The molecule has 0 fully saturated rings. The molecule has 1 aromatic carbocycles. The number of hydrogen-bond acceptors (Lipinski definition) is 0. The SMILES string of the molecule is CCCCCCC1CCCc2c([nH]c3cccc(F)c23)C1. The Labute approximate surface area is 126 Å². The topological polar surface area (TPSA) is 15.8 Å². The van der Waals surface area contributed by atoms with Gasteiger partial charge in [-0.3, -0.25) is 0 Å². The predicted octanol–water partition coefficient (Wildman–Crippen LogP) is 5.77. The highest BCUT2D eigenvalue weighted by Gasteiger charge is 2.21. The highest BCUT2D eigenvalue weighted by Crippen LogP contribution is 2.33. The van der Waals surface area contributed by atoms with Crippen molar-refractivity contribution < 1.29 is 4.39 Å². The van der Waals surface area contributed by atoms with E-state index in [9.17, 15) is 4.39 Å². The second kappa shape index (κ2) is 6.64. The lowest BCUT2D eigenvalue weighted by atomic mass is 9.93. The van der Waals surface area contributed by atoms with Crippen LogP contribution in [-0.2, 0) is 12.8 Å². The van der Waals surface area contributed by atoms with E-state index in [1.165, 1.54) is 56.2 Å². The van der Waals surface area contributed by atoms with Gasteiger partial charge < -0.3 is 4.98 Å². The first-order chi connectivity index (χ1) is 10.3. The van der Waals surface area contributed by atoms with E-state index in [0.717, 1.165) is 29.7 Å². The molecule has 1 aromatic heterocycles. The zero-order valence-electron chi connectivity index (χ0n) is 13.1. The van der Waals surface area contributed by atoms with Gasteiger partial charge >= 0.3 is 0 Å². The van der Waals surface area contributed by atoms with Gasteiger partial charge in [0, 0.05) is 16.6 Å². The summed E-state index contributed by atoms with van der Waals surface area (Å²) in [4.78, 5) is 3.49. The molecule has 1 nitrogen and oxygen atoms in total. The molecule has 2 heteroatoms. The molecule has 1 aliphatic rings. The average molecular weight is 287 g/mol. The van der Waals surface area contributed by atoms with Gasteiger partial charge in [-0.1, -0.05) is 45.1 Å². The molecule has 0 aliphatic heterocycles. The summed E-state index contributed by atoms with van der Waals surface area (Å²) in [6, 6.07) is 5.39. The number of hydrogen-bond donors (Lipinski definition) is 1. The van der Waals surface area contributed by atoms with Crippen molar-refractivity contribution in [2.45, 2.75) is 64.7 Å². The molecule has 0 spiro atoms. The number of benzene rings is 1. The first-order valence-electron chi connectivity index (χ1n) is 8.57. The van der Waals surface area contributed by atoms with Gasteiger partial charge in [-0.25, -0.2) is 4.39 Å². The normalized spacial score (nSPS) is 18.7. The molecule has 2 aromatic rings. The maximum absolute atomic E-state index is 14.1. The van der Waals surface area contributed by atoms with E-state index in [0.29, 0.717) is 0 Å². The lowest BCUT2D eigenvalue weighted by Gasteiger charge is -2.13. The summed E-state index contributed by atoms with van der Waals surface area (Å²) in [5, 5.41) is 0.846. The van der Waals surface area contributed by atoms with Gasteiger partial charge in [0.2, 0.25) is 0 Å². The molecule has 0 amide bonds. The van der Waals surface area contributed by atoms with Crippen molar-refractivity contribution >= 4 is 10.9 Å². The number of aromatic nitrogens is 1. The van der Waals surface area contributed by atoms with Crippen molar-refractivity contribution in [3.05, 3.63) is 35.3 Å². The molecule has 21 heavy (non-hydrogen) atoms. The zero-order valence-corrected chi connectivity index (χ0v) is 13.1. The summed E-state index contributed by atoms with van der Waals surface area (Å²) in [5.74, 6) is 0.714. The Morgan fingerprint density at radius 2 is 2.14 bits per heavy atom. The van der Waals surface area contributed by atoms with Crippen molar-refractivity contribution in [2.75, 3.05) is 0 Å². The number of unbranched alkanes of at least 4 members (excludes halogenated alkanes) is 3. The van der Waals surface area contributed by atoms with Crippen LogP contribution in [0.3, 0.4) is 0 Å². The quantitative estimate of drug-likeness (QED) is 0.530. The minimum absolute atomic E-state index is 0.0635. The molecule has 0 saturated heterocycles. The van der Waals surface area contributed by atoms with Crippen molar-refractivity contribution in [1.29, 1.82) is 0 Å². The summed E-state index contributed by atoms with van der Waals surface area (Å²) >= 11 is 0. The smallest absolute Gasteiger partial charge is 0.132 e. The minimum atomic E-state index is -0.0635. The Morgan fingerprint density at radius 3 is 3.00 bits per heavy atom.